The van der Waals surface area contributed by atoms with Gasteiger partial charge in [0.1, 0.15) is 6.61 Å². The molecule has 0 aromatic carbocycles. The van der Waals surface area contributed by atoms with Crippen LogP contribution in [0.4, 0.5) is 22.0 Å². The predicted molar refractivity (Wildman–Crippen MR) is 46.5 cm³/mol. The third-order valence-corrected chi connectivity index (χ3v) is 1.49. The molecule has 15 heavy (non-hydrogen) atoms. The molecule has 0 unspecified atom stereocenters. The first kappa shape index (κ1) is 14.9. The van der Waals surface area contributed by atoms with Crippen LogP contribution in [-0.4, -0.2) is 44.3 Å². The lowest BCUT2D eigenvalue weighted by atomic mass is 10.3. The van der Waals surface area contributed by atoms with E-state index in [1.54, 1.807) is 0 Å². The zero-order valence-electron chi connectivity index (χ0n) is 7.69. The summed E-state index contributed by atoms with van der Waals surface area (Å²) in [7, 11) is 0. The van der Waals surface area contributed by atoms with Gasteiger partial charge in [-0.3, -0.25) is 0 Å². The molecule has 92 valence electrons. The number of alkyl halides is 5. The maximum Gasteiger partial charge on any atom is 0.455 e. The lowest BCUT2D eigenvalue weighted by molar-refractivity contribution is -0.297. The lowest BCUT2D eigenvalue weighted by Crippen LogP contribution is -2.41. The Kier molecular flexibility index (Phi) is 6.46. The van der Waals surface area contributed by atoms with Gasteiger partial charge in [0.25, 0.3) is 0 Å². The summed E-state index contributed by atoms with van der Waals surface area (Å²) in [5.41, 5.74) is 0. The Hall–Kier alpha value is -0.0800. The van der Waals surface area contributed by atoms with Crippen LogP contribution < -0.4 is 0 Å². The number of rotatable bonds is 7. The van der Waals surface area contributed by atoms with Crippen LogP contribution in [0.15, 0.2) is 0 Å². The van der Waals surface area contributed by atoms with E-state index in [1.165, 1.54) is 0 Å². The van der Waals surface area contributed by atoms with Crippen LogP contribution in [0, 0.1) is 0 Å². The van der Waals surface area contributed by atoms with Crippen molar-refractivity contribution in [3.8, 4) is 0 Å². The first-order valence-corrected chi connectivity index (χ1v) is 4.65. The number of ether oxygens (including phenoxy) is 2. The van der Waals surface area contributed by atoms with Crippen molar-refractivity contribution in [1.82, 2.24) is 0 Å². The smallest absolute Gasteiger partial charge is 0.378 e. The van der Waals surface area contributed by atoms with Gasteiger partial charge in [0.05, 0.1) is 19.8 Å². The van der Waals surface area contributed by atoms with Gasteiger partial charge in [-0.2, -0.15) is 34.6 Å². The SMILES string of the molecule is FC(F)(F)C(F)(F)COCCOCCS. The summed E-state index contributed by atoms with van der Waals surface area (Å²) in [6.45, 7) is -1.73. The minimum Gasteiger partial charge on any atom is -0.378 e. The first-order chi connectivity index (χ1) is 6.81. The molecule has 0 N–H and O–H groups in total. The fraction of sp³-hybridized carbons (Fsp3) is 1.00. The second-order valence-corrected chi connectivity index (χ2v) is 3.04. The van der Waals surface area contributed by atoms with E-state index in [0.717, 1.165) is 0 Å². The topological polar surface area (TPSA) is 18.5 Å². The highest BCUT2D eigenvalue weighted by molar-refractivity contribution is 7.80. The van der Waals surface area contributed by atoms with Crippen molar-refractivity contribution in [2.24, 2.45) is 0 Å². The monoisotopic (exact) mass is 254 g/mol. The van der Waals surface area contributed by atoms with Crippen molar-refractivity contribution in [1.29, 1.82) is 0 Å². The Labute approximate surface area is 89.1 Å². The predicted octanol–water partition coefficient (Wildman–Crippen LogP) is 2.15. The number of halogens is 5. The zero-order chi connectivity index (χ0) is 11.9. The molecule has 8 heteroatoms. The minimum absolute atomic E-state index is 0.0332. The van der Waals surface area contributed by atoms with E-state index < -0.39 is 18.7 Å². The number of hydrogen-bond acceptors (Lipinski definition) is 3. The summed E-state index contributed by atoms with van der Waals surface area (Å²) in [6.07, 6.45) is -5.57. The van der Waals surface area contributed by atoms with Crippen LogP contribution in [0.1, 0.15) is 0 Å². The highest BCUT2D eigenvalue weighted by Crippen LogP contribution is 2.35. The molecule has 0 aliphatic rings. The lowest BCUT2D eigenvalue weighted by Gasteiger charge is -2.19. The molecule has 0 aromatic heterocycles. The molecule has 0 fully saturated rings. The van der Waals surface area contributed by atoms with Crippen LogP contribution in [-0.2, 0) is 9.47 Å². The highest BCUT2D eigenvalue weighted by Gasteiger charge is 2.57. The third kappa shape index (κ3) is 6.16. The van der Waals surface area contributed by atoms with Crippen molar-refractivity contribution < 1.29 is 31.4 Å². The van der Waals surface area contributed by atoms with Gasteiger partial charge in [0, 0.05) is 5.75 Å². The summed E-state index contributed by atoms with van der Waals surface area (Å²) in [5, 5.41) is 0. The van der Waals surface area contributed by atoms with Gasteiger partial charge < -0.3 is 9.47 Å². The van der Waals surface area contributed by atoms with Crippen LogP contribution in [0.2, 0.25) is 0 Å². The molecule has 0 aromatic rings. The summed E-state index contributed by atoms with van der Waals surface area (Å²) >= 11 is 3.79. The average Bonchev–Trinajstić information content (AvgIpc) is 2.09. The van der Waals surface area contributed by atoms with Crippen molar-refractivity contribution in [2.45, 2.75) is 12.1 Å². The van der Waals surface area contributed by atoms with E-state index in [-0.39, 0.29) is 13.2 Å². The van der Waals surface area contributed by atoms with E-state index >= 15 is 0 Å². The summed E-state index contributed by atoms with van der Waals surface area (Å²) in [6, 6.07) is 0. The van der Waals surface area contributed by atoms with Gasteiger partial charge >= 0.3 is 12.1 Å². The Bertz CT molecular complexity index is 173. The van der Waals surface area contributed by atoms with E-state index in [2.05, 4.69) is 17.4 Å². The normalized spacial score (nSPS) is 13.2. The molecule has 2 nitrogen and oxygen atoms in total. The second-order valence-electron chi connectivity index (χ2n) is 2.59. The van der Waals surface area contributed by atoms with Crippen molar-refractivity contribution in [3.05, 3.63) is 0 Å². The van der Waals surface area contributed by atoms with Crippen LogP contribution >= 0.6 is 12.6 Å². The summed E-state index contributed by atoms with van der Waals surface area (Å²) in [5.74, 6) is -4.37. The maximum atomic E-state index is 12.2. The van der Waals surface area contributed by atoms with Crippen molar-refractivity contribution in [2.75, 3.05) is 32.2 Å². The van der Waals surface area contributed by atoms with Gasteiger partial charge in [0.15, 0.2) is 0 Å². The van der Waals surface area contributed by atoms with Gasteiger partial charge in [-0.1, -0.05) is 0 Å². The molecule has 0 radical (unpaired) electrons. The first-order valence-electron chi connectivity index (χ1n) is 4.02. The Morgan fingerprint density at radius 3 is 1.87 bits per heavy atom. The van der Waals surface area contributed by atoms with Gasteiger partial charge in [0.2, 0.25) is 0 Å². The van der Waals surface area contributed by atoms with Crippen LogP contribution in [0.3, 0.4) is 0 Å². The Morgan fingerprint density at radius 2 is 1.40 bits per heavy atom. The van der Waals surface area contributed by atoms with E-state index in [1.807, 2.05) is 0 Å². The molecule has 0 saturated carbocycles. The maximum absolute atomic E-state index is 12.2. The number of hydrogen-bond donors (Lipinski definition) is 1. The third-order valence-electron chi connectivity index (χ3n) is 1.31. The molecule has 0 heterocycles. The fourth-order valence-corrected chi connectivity index (χ4v) is 0.696. The van der Waals surface area contributed by atoms with E-state index in [0.29, 0.717) is 12.4 Å². The van der Waals surface area contributed by atoms with Crippen molar-refractivity contribution >= 4 is 12.6 Å². The summed E-state index contributed by atoms with van der Waals surface area (Å²) < 4.78 is 68.1. The molecule has 0 amide bonds. The van der Waals surface area contributed by atoms with Crippen LogP contribution in [0.5, 0.6) is 0 Å². The standard InChI is InChI=1S/C7H11F5O2S/c8-6(9,7(10,11)12)5-14-2-1-13-3-4-15/h15H,1-5H2. The van der Waals surface area contributed by atoms with Crippen LogP contribution in [0.25, 0.3) is 0 Å². The second kappa shape index (κ2) is 6.49. The average molecular weight is 254 g/mol. The quantitative estimate of drug-likeness (QED) is 0.426. The minimum atomic E-state index is -5.57. The molecule has 0 aliphatic carbocycles. The number of thiol groups is 1. The molecule has 0 rings (SSSR count). The van der Waals surface area contributed by atoms with Gasteiger partial charge in [-0.15, -0.1) is 0 Å². The van der Waals surface area contributed by atoms with E-state index in [9.17, 15) is 22.0 Å². The molecule has 0 spiro atoms. The summed E-state index contributed by atoms with van der Waals surface area (Å²) in [4.78, 5) is 0. The highest BCUT2D eigenvalue weighted by atomic mass is 32.1. The Balaban J connectivity index is 3.58. The van der Waals surface area contributed by atoms with E-state index in [4.69, 9.17) is 4.74 Å². The molecular weight excluding hydrogens is 243 g/mol. The fourth-order valence-electron chi connectivity index (χ4n) is 0.567. The largest absolute Gasteiger partial charge is 0.455 e. The zero-order valence-corrected chi connectivity index (χ0v) is 8.58. The molecule has 0 atom stereocenters. The Morgan fingerprint density at radius 1 is 0.867 bits per heavy atom. The molecule has 0 bridgehead atoms. The van der Waals surface area contributed by atoms with Gasteiger partial charge in [-0.05, 0) is 0 Å². The molecule has 0 saturated heterocycles. The van der Waals surface area contributed by atoms with Gasteiger partial charge in [-0.25, -0.2) is 0 Å². The molecular formula is C7H11F5O2S. The molecule has 0 aliphatic heterocycles. The van der Waals surface area contributed by atoms with Crippen molar-refractivity contribution in [3.63, 3.8) is 0 Å².